The number of anilines is 3. The van der Waals surface area contributed by atoms with Gasteiger partial charge in [0.2, 0.25) is 0 Å². The highest BCUT2D eigenvalue weighted by atomic mass is 15.1. The van der Waals surface area contributed by atoms with E-state index in [1.165, 1.54) is 109 Å². The monoisotopic (exact) mass is 699 g/mol. The molecule has 0 amide bonds. The van der Waals surface area contributed by atoms with Crippen LogP contribution in [0.25, 0.3) is 44.2 Å². The lowest BCUT2D eigenvalue weighted by molar-refractivity contribution is 0.420. The predicted molar refractivity (Wildman–Crippen MR) is 229 cm³/mol. The zero-order valence-corrected chi connectivity index (χ0v) is 32.0. The Kier molecular flexibility index (Phi) is 7.91. The van der Waals surface area contributed by atoms with Gasteiger partial charge in [-0.2, -0.15) is 0 Å². The topological polar surface area (TPSA) is 3.24 Å². The van der Waals surface area contributed by atoms with E-state index in [2.05, 4.69) is 184 Å². The van der Waals surface area contributed by atoms with Gasteiger partial charge in [0.25, 0.3) is 0 Å². The fourth-order valence-corrected chi connectivity index (χ4v) is 10.7. The molecule has 2 bridgehead atoms. The minimum atomic E-state index is -0.155. The molecule has 7 aromatic carbocycles. The predicted octanol–water partition coefficient (Wildman–Crippen LogP) is 15.0. The molecule has 1 nitrogen and oxygen atoms in total. The van der Waals surface area contributed by atoms with Crippen LogP contribution < -0.4 is 4.90 Å². The van der Waals surface area contributed by atoms with Gasteiger partial charge in [0, 0.05) is 22.4 Å². The van der Waals surface area contributed by atoms with E-state index < -0.39 is 0 Å². The van der Waals surface area contributed by atoms with E-state index in [-0.39, 0.29) is 5.41 Å². The molecular weight excluding hydrogens is 651 g/mol. The van der Waals surface area contributed by atoms with Crippen LogP contribution in [-0.4, -0.2) is 0 Å². The highest BCUT2D eigenvalue weighted by Crippen LogP contribution is 2.58. The van der Waals surface area contributed by atoms with E-state index in [0.29, 0.717) is 11.8 Å². The summed E-state index contributed by atoms with van der Waals surface area (Å²) in [5.41, 5.74) is 17.3. The fourth-order valence-electron chi connectivity index (χ4n) is 10.7. The second-order valence-electron chi connectivity index (χ2n) is 17.1. The first-order valence-corrected chi connectivity index (χ1v) is 20.2. The summed E-state index contributed by atoms with van der Waals surface area (Å²) in [4.78, 5) is 2.65. The highest BCUT2D eigenvalue weighted by Gasteiger charge is 2.42. The molecule has 0 radical (unpaired) electrons. The first kappa shape index (κ1) is 33.2. The molecule has 3 aliphatic rings. The third kappa shape index (κ3) is 5.27. The van der Waals surface area contributed by atoms with Gasteiger partial charge in [0.05, 0.1) is 5.69 Å². The molecule has 2 saturated carbocycles. The van der Waals surface area contributed by atoms with Crippen LogP contribution in [0.4, 0.5) is 17.1 Å². The second-order valence-corrected chi connectivity index (χ2v) is 17.1. The molecule has 2 fully saturated rings. The summed E-state index contributed by atoms with van der Waals surface area (Å²) in [6, 6.07) is 57.6. The van der Waals surface area contributed by atoms with Gasteiger partial charge in [0.1, 0.15) is 0 Å². The normalized spacial score (nSPS) is 19.3. The van der Waals surface area contributed by atoms with E-state index in [9.17, 15) is 0 Å². The summed E-state index contributed by atoms with van der Waals surface area (Å²) in [6.45, 7) is 9.49. The summed E-state index contributed by atoms with van der Waals surface area (Å²) in [7, 11) is 0. The smallest absolute Gasteiger partial charge is 0.0546 e. The Morgan fingerprint density at radius 2 is 1.28 bits per heavy atom. The Bertz CT molecular complexity index is 2540. The Labute approximate surface area is 321 Å². The number of benzene rings is 7. The van der Waals surface area contributed by atoms with E-state index in [1.807, 2.05) is 0 Å². The van der Waals surface area contributed by atoms with Crippen LogP contribution in [0.3, 0.4) is 0 Å². The number of rotatable bonds is 7. The summed E-state index contributed by atoms with van der Waals surface area (Å²) in [5, 5.41) is 2.54. The van der Waals surface area contributed by atoms with E-state index in [1.54, 1.807) is 0 Å². The van der Waals surface area contributed by atoms with E-state index in [0.717, 1.165) is 11.8 Å². The average molecular weight is 700 g/mol. The maximum absolute atomic E-state index is 2.65. The zero-order chi connectivity index (χ0) is 36.6. The number of hydrogen-bond acceptors (Lipinski definition) is 1. The van der Waals surface area contributed by atoms with Gasteiger partial charge in [-0.1, -0.05) is 155 Å². The highest BCUT2D eigenvalue weighted by molar-refractivity contribution is 6.00. The maximum Gasteiger partial charge on any atom is 0.0546 e. The van der Waals surface area contributed by atoms with Crippen molar-refractivity contribution in [2.75, 3.05) is 4.90 Å². The molecular formula is C53H49N. The molecule has 54 heavy (non-hydrogen) atoms. The lowest BCUT2D eigenvalue weighted by Gasteiger charge is -2.34. The molecule has 3 aliphatic carbocycles. The molecule has 0 aromatic heterocycles. The minimum Gasteiger partial charge on any atom is -0.310 e. The Morgan fingerprint density at radius 1 is 0.556 bits per heavy atom. The molecule has 0 heterocycles. The van der Waals surface area contributed by atoms with Gasteiger partial charge in [-0.25, -0.2) is 0 Å². The molecule has 0 aliphatic heterocycles. The summed E-state index contributed by atoms with van der Waals surface area (Å²) < 4.78 is 0. The lowest BCUT2D eigenvalue weighted by atomic mass is 9.81. The van der Waals surface area contributed by atoms with E-state index >= 15 is 0 Å². The van der Waals surface area contributed by atoms with Crippen molar-refractivity contribution >= 4 is 27.8 Å². The lowest BCUT2D eigenvalue weighted by Crippen LogP contribution is -2.19. The summed E-state index contributed by atoms with van der Waals surface area (Å²) >= 11 is 0. The van der Waals surface area contributed by atoms with E-state index in [4.69, 9.17) is 0 Å². The van der Waals surface area contributed by atoms with Gasteiger partial charge < -0.3 is 4.90 Å². The SMILES string of the molecule is CC(C)c1ccccc1-c1cc2ccccc2cc1N(c1ccc2c(c1)C(C)(C)c1cccc(-c3ccccc3)c1-2)c1ccccc1C1CC2CCC1C2. The van der Waals surface area contributed by atoms with Crippen molar-refractivity contribution in [2.45, 2.75) is 70.6 Å². The molecule has 0 saturated heterocycles. The molecule has 1 heteroatoms. The third-order valence-electron chi connectivity index (χ3n) is 13.3. The van der Waals surface area contributed by atoms with Crippen LogP contribution in [0, 0.1) is 11.8 Å². The first-order valence-electron chi connectivity index (χ1n) is 20.2. The Balaban J connectivity index is 1.24. The largest absolute Gasteiger partial charge is 0.310 e. The van der Waals surface area contributed by atoms with Crippen LogP contribution in [-0.2, 0) is 5.41 Å². The third-order valence-corrected chi connectivity index (χ3v) is 13.3. The van der Waals surface area contributed by atoms with Crippen molar-refractivity contribution in [2.24, 2.45) is 11.8 Å². The first-order chi connectivity index (χ1) is 26.4. The number of para-hydroxylation sites is 1. The van der Waals surface area contributed by atoms with Crippen molar-refractivity contribution < 1.29 is 0 Å². The van der Waals surface area contributed by atoms with Crippen LogP contribution in [0.2, 0.25) is 0 Å². The molecule has 0 spiro atoms. The van der Waals surface area contributed by atoms with Crippen LogP contribution >= 0.6 is 0 Å². The average Bonchev–Trinajstić information content (AvgIpc) is 3.91. The molecule has 10 rings (SSSR count). The second kappa shape index (κ2) is 12.9. The van der Waals surface area contributed by atoms with Crippen molar-refractivity contribution in [1.29, 1.82) is 0 Å². The molecule has 3 unspecified atom stereocenters. The number of hydrogen-bond donors (Lipinski definition) is 0. The van der Waals surface area contributed by atoms with Crippen molar-refractivity contribution in [1.82, 2.24) is 0 Å². The standard InChI is InChI=1S/C53H49N/c1-34(2)41-19-10-11-20-43(41)47-31-37-17-8-9-18-38(37)32-51(47)54(50-24-13-12-21-44(50)46-30-35-25-26-39(46)29-35)40-27-28-45-49(33-40)53(3,4)48-23-14-22-42(52(45)48)36-15-6-5-7-16-36/h5-24,27-28,31-35,39,46H,25-26,29-30H2,1-4H3. The van der Waals surface area contributed by atoms with Gasteiger partial charge in [0.15, 0.2) is 0 Å². The van der Waals surface area contributed by atoms with Crippen LogP contribution in [0.15, 0.2) is 152 Å². The Morgan fingerprint density at radius 3 is 2.06 bits per heavy atom. The van der Waals surface area contributed by atoms with Crippen molar-refractivity contribution in [3.05, 3.63) is 174 Å². The minimum absolute atomic E-state index is 0.155. The zero-order valence-electron chi connectivity index (χ0n) is 32.0. The van der Waals surface area contributed by atoms with Crippen LogP contribution in [0.5, 0.6) is 0 Å². The molecule has 266 valence electrons. The maximum atomic E-state index is 2.65. The Hall–Kier alpha value is -5.40. The van der Waals surface area contributed by atoms with Gasteiger partial charge in [-0.15, -0.1) is 0 Å². The number of fused-ring (bicyclic) bond motifs is 6. The van der Waals surface area contributed by atoms with Gasteiger partial charge >= 0.3 is 0 Å². The fraction of sp³-hybridized carbons (Fsp3) is 0.245. The molecule has 0 N–H and O–H groups in total. The summed E-state index contributed by atoms with van der Waals surface area (Å²) in [5.74, 6) is 2.64. The summed E-state index contributed by atoms with van der Waals surface area (Å²) in [6.07, 6.45) is 5.46. The van der Waals surface area contributed by atoms with Crippen molar-refractivity contribution in [3.63, 3.8) is 0 Å². The van der Waals surface area contributed by atoms with Crippen LogP contribution in [0.1, 0.15) is 87.5 Å². The van der Waals surface area contributed by atoms with Gasteiger partial charge in [-0.05, 0) is 134 Å². The van der Waals surface area contributed by atoms with Gasteiger partial charge in [-0.3, -0.25) is 0 Å². The number of nitrogens with zero attached hydrogens (tertiary/aromatic N) is 1. The molecule has 3 atom stereocenters. The molecule has 7 aromatic rings. The van der Waals surface area contributed by atoms with Crippen molar-refractivity contribution in [3.8, 4) is 33.4 Å². The quantitative estimate of drug-likeness (QED) is 0.160.